The summed E-state index contributed by atoms with van der Waals surface area (Å²) in [6.07, 6.45) is -5.86. The zero-order chi connectivity index (χ0) is 23.9. The minimum atomic E-state index is -8.39. The molecule has 0 N–H and O–H groups in total. The molecule has 0 aliphatic rings. The molecule has 0 aliphatic heterocycles. The Hall–Kier alpha value is -0.870. The average molecular weight is 495 g/mol. The standard InChI is InChI=1S/C11H7ClF16O/c12-1-2-29-3-5(15,16)7(19,20)9(23,24)11(27,28)10(25,26)8(21,22)6(17,18)4(13)14/h4H,1-3H2. The summed E-state index contributed by atoms with van der Waals surface area (Å²) in [6.45, 7) is -3.95. The smallest absolute Gasteiger partial charge is 0.374 e. The van der Waals surface area contributed by atoms with Crippen LogP contribution in [-0.4, -0.2) is 67.0 Å². The summed E-state index contributed by atoms with van der Waals surface area (Å²) in [6, 6.07) is 0. The summed E-state index contributed by atoms with van der Waals surface area (Å²) >= 11 is 4.85. The van der Waals surface area contributed by atoms with Crippen molar-refractivity contribution < 1.29 is 75.0 Å². The van der Waals surface area contributed by atoms with Crippen molar-refractivity contribution in [1.29, 1.82) is 0 Å². The fourth-order valence-corrected chi connectivity index (χ4v) is 1.62. The normalized spacial score (nSPS) is 15.9. The lowest BCUT2D eigenvalue weighted by Crippen LogP contribution is -2.74. The molecule has 0 aromatic heterocycles. The first-order valence-corrected chi connectivity index (χ1v) is 7.10. The highest BCUT2D eigenvalue weighted by molar-refractivity contribution is 6.17. The van der Waals surface area contributed by atoms with Crippen molar-refractivity contribution in [2.24, 2.45) is 0 Å². The van der Waals surface area contributed by atoms with E-state index in [1.54, 1.807) is 0 Å². The molecular weight excluding hydrogens is 488 g/mol. The molecule has 0 fully saturated rings. The second kappa shape index (κ2) is 8.00. The molecule has 0 bridgehead atoms. The predicted octanol–water partition coefficient (Wildman–Crippen LogP) is 5.95. The van der Waals surface area contributed by atoms with Crippen molar-refractivity contribution in [2.45, 2.75) is 47.9 Å². The summed E-state index contributed by atoms with van der Waals surface area (Å²) < 4.78 is 210. The second-order valence-corrected chi connectivity index (χ2v) is 5.62. The topological polar surface area (TPSA) is 9.23 Å². The number of hydrogen-bond acceptors (Lipinski definition) is 1. The van der Waals surface area contributed by atoms with Crippen molar-refractivity contribution in [3.63, 3.8) is 0 Å². The largest absolute Gasteiger partial charge is 0.384 e. The van der Waals surface area contributed by atoms with E-state index in [0.29, 0.717) is 0 Å². The van der Waals surface area contributed by atoms with E-state index in [0.717, 1.165) is 0 Å². The van der Waals surface area contributed by atoms with Crippen LogP contribution in [0, 0.1) is 0 Å². The number of rotatable bonds is 11. The molecule has 0 atom stereocenters. The number of ether oxygens (including phenoxy) is 1. The minimum Gasteiger partial charge on any atom is -0.374 e. The zero-order valence-electron chi connectivity index (χ0n) is 13.0. The molecule has 176 valence electrons. The summed E-state index contributed by atoms with van der Waals surface area (Å²) in [7, 11) is 0. The van der Waals surface area contributed by atoms with E-state index in [1.807, 2.05) is 0 Å². The van der Waals surface area contributed by atoms with Gasteiger partial charge in [-0.15, -0.1) is 11.6 Å². The highest BCUT2D eigenvalue weighted by atomic mass is 35.5. The van der Waals surface area contributed by atoms with Crippen LogP contribution in [-0.2, 0) is 4.74 Å². The van der Waals surface area contributed by atoms with E-state index in [-0.39, 0.29) is 0 Å². The molecule has 0 radical (unpaired) electrons. The van der Waals surface area contributed by atoms with E-state index in [9.17, 15) is 70.2 Å². The van der Waals surface area contributed by atoms with E-state index in [2.05, 4.69) is 4.74 Å². The van der Waals surface area contributed by atoms with Crippen LogP contribution >= 0.6 is 11.6 Å². The maximum Gasteiger partial charge on any atom is 0.384 e. The predicted molar refractivity (Wildman–Crippen MR) is 62.2 cm³/mol. The highest BCUT2D eigenvalue weighted by Gasteiger charge is 2.93. The third kappa shape index (κ3) is 4.04. The molecular formula is C11H7ClF16O. The third-order valence-electron chi connectivity index (χ3n) is 3.23. The fraction of sp³-hybridized carbons (Fsp3) is 1.00. The number of halogens is 17. The van der Waals surface area contributed by atoms with Crippen molar-refractivity contribution in [3.8, 4) is 0 Å². The van der Waals surface area contributed by atoms with E-state index in [1.165, 1.54) is 0 Å². The lowest BCUT2D eigenvalue weighted by atomic mass is 9.89. The lowest BCUT2D eigenvalue weighted by Gasteiger charge is -2.42. The molecule has 0 unspecified atom stereocenters. The number of hydrogen-bond donors (Lipinski definition) is 0. The summed E-state index contributed by atoms with van der Waals surface area (Å²) in [5.74, 6) is -55.3. The van der Waals surface area contributed by atoms with Crippen LogP contribution in [0.25, 0.3) is 0 Å². The fourth-order valence-electron chi connectivity index (χ4n) is 1.51. The molecule has 1 nitrogen and oxygen atoms in total. The van der Waals surface area contributed by atoms with Gasteiger partial charge in [-0.25, -0.2) is 8.78 Å². The van der Waals surface area contributed by atoms with Gasteiger partial charge in [-0.2, -0.15) is 61.5 Å². The average Bonchev–Trinajstić information content (AvgIpc) is 2.53. The van der Waals surface area contributed by atoms with E-state index >= 15 is 0 Å². The molecule has 29 heavy (non-hydrogen) atoms. The minimum absolute atomic E-state index is 0.735. The summed E-state index contributed by atoms with van der Waals surface area (Å²) in [4.78, 5) is 0. The van der Waals surface area contributed by atoms with E-state index < -0.39 is 67.0 Å². The Morgan fingerprint density at radius 1 is 0.586 bits per heavy atom. The Bertz CT molecular complexity index is 559. The van der Waals surface area contributed by atoms with Gasteiger partial charge in [0.25, 0.3) is 0 Å². The van der Waals surface area contributed by atoms with Gasteiger partial charge in [0.05, 0.1) is 6.61 Å². The van der Waals surface area contributed by atoms with Gasteiger partial charge in [-0.3, -0.25) is 0 Å². The van der Waals surface area contributed by atoms with E-state index in [4.69, 9.17) is 11.6 Å². The van der Waals surface area contributed by atoms with Gasteiger partial charge in [0, 0.05) is 5.88 Å². The Kier molecular flexibility index (Phi) is 7.76. The summed E-state index contributed by atoms with van der Waals surface area (Å²) in [5, 5.41) is 0. The van der Waals surface area contributed by atoms with Gasteiger partial charge in [0.2, 0.25) is 0 Å². The van der Waals surface area contributed by atoms with Crippen LogP contribution in [0.1, 0.15) is 0 Å². The first kappa shape index (κ1) is 28.1. The monoisotopic (exact) mass is 494 g/mol. The van der Waals surface area contributed by atoms with Crippen molar-refractivity contribution in [3.05, 3.63) is 0 Å². The quantitative estimate of drug-likeness (QED) is 0.196. The maximum absolute atomic E-state index is 13.3. The molecule has 0 heterocycles. The van der Waals surface area contributed by atoms with Gasteiger partial charge >= 0.3 is 47.9 Å². The molecule has 0 aliphatic carbocycles. The van der Waals surface area contributed by atoms with Crippen LogP contribution in [0.5, 0.6) is 0 Å². The van der Waals surface area contributed by atoms with Gasteiger partial charge < -0.3 is 4.74 Å². The van der Waals surface area contributed by atoms with Crippen LogP contribution in [0.15, 0.2) is 0 Å². The van der Waals surface area contributed by atoms with Crippen LogP contribution in [0.4, 0.5) is 70.2 Å². The maximum atomic E-state index is 13.3. The SMILES string of the molecule is FC(F)C(F)(F)C(F)(F)C(F)(F)C(F)(F)C(F)(F)C(F)(F)C(F)(F)COCCCl. The molecule has 0 amide bonds. The Balaban J connectivity index is 6.38. The van der Waals surface area contributed by atoms with Crippen molar-refractivity contribution in [1.82, 2.24) is 0 Å². The zero-order valence-corrected chi connectivity index (χ0v) is 13.8. The van der Waals surface area contributed by atoms with Gasteiger partial charge in [0.1, 0.15) is 6.61 Å². The van der Waals surface area contributed by atoms with Gasteiger partial charge in [-0.1, -0.05) is 0 Å². The van der Waals surface area contributed by atoms with Crippen LogP contribution in [0.2, 0.25) is 0 Å². The first-order valence-electron chi connectivity index (χ1n) is 6.57. The molecule has 0 aromatic carbocycles. The third-order valence-corrected chi connectivity index (χ3v) is 3.39. The molecule has 18 heteroatoms. The van der Waals surface area contributed by atoms with Crippen LogP contribution in [0.3, 0.4) is 0 Å². The van der Waals surface area contributed by atoms with Crippen molar-refractivity contribution in [2.75, 3.05) is 19.1 Å². The van der Waals surface area contributed by atoms with Gasteiger partial charge in [-0.05, 0) is 0 Å². The summed E-state index contributed by atoms with van der Waals surface area (Å²) in [5.41, 5.74) is 0. The molecule has 0 spiro atoms. The van der Waals surface area contributed by atoms with Crippen molar-refractivity contribution >= 4 is 11.6 Å². The van der Waals surface area contributed by atoms with Crippen LogP contribution < -0.4 is 0 Å². The Morgan fingerprint density at radius 3 is 1.28 bits per heavy atom. The molecule has 0 saturated carbocycles. The second-order valence-electron chi connectivity index (χ2n) is 5.24. The first-order chi connectivity index (χ1) is 12.5. The molecule has 0 aromatic rings. The Labute approximate surface area is 154 Å². The number of alkyl halides is 17. The molecule has 0 rings (SSSR count). The lowest BCUT2D eigenvalue weighted by molar-refractivity contribution is -0.448. The van der Waals surface area contributed by atoms with Gasteiger partial charge in [0.15, 0.2) is 0 Å². The highest BCUT2D eigenvalue weighted by Crippen LogP contribution is 2.62. The molecule has 0 saturated heterocycles. The Morgan fingerprint density at radius 2 is 0.931 bits per heavy atom.